The number of hydrogen-bond acceptors (Lipinski definition) is 5. The van der Waals surface area contributed by atoms with Gasteiger partial charge in [-0.15, -0.1) is 10.2 Å². The molecule has 3 aromatic carbocycles. The summed E-state index contributed by atoms with van der Waals surface area (Å²) < 4.78 is 40.8. The Bertz CT molecular complexity index is 1320. The highest BCUT2D eigenvalue weighted by atomic mass is 35.5. The molecule has 0 radical (unpaired) electrons. The van der Waals surface area contributed by atoms with E-state index in [1.54, 1.807) is 38.5 Å². The fourth-order valence-electron chi connectivity index (χ4n) is 3.75. The van der Waals surface area contributed by atoms with E-state index < -0.39 is 5.41 Å². The molecule has 0 N–H and O–H groups in total. The lowest BCUT2D eigenvalue weighted by Gasteiger charge is -2.26. The molecule has 0 spiro atoms. The Balaban J connectivity index is 1.80. The number of thioether (sulfide) groups is 1. The van der Waals surface area contributed by atoms with Crippen LogP contribution in [-0.2, 0) is 11.2 Å². The van der Waals surface area contributed by atoms with Gasteiger partial charge in [0.15, 0.2) is 16.7 Å². The van der Waals surface area contributed by atoms with Crippen LogP contribution in [0, 0.1) is 11.6 Å². The highest BCUT2D eigenvalue weighted by Gasteiger charge is 2.32. The molecule has 0 saturated carbocycles. The molecule has 0 aliphatic heterocycles. The van der Waals surface area contributed by atoms with Crippen LogP contribution in [0.2, 0.25) is 5.02 Å². The summed E-state index contributed by atoms with van der Waals surface area (Å²) in [5, 5.41) is 9.81. The average Bonchev–Trinajstić information content (AvgIpc) is 3.28. The fourth-order valence-corrected chi connectivity index (χ4v) is 5.05. The summed E-state index contributed by atoms with van der Waals surface area (Å²) >= 11 is 7.52. The molecule has 0 aliphatic rings. The first-order valence-corrected chi connectivity index (χ1v) is 12.1. The molecule has 0 bridgehead atoms. The minimum Gasteiger partial charge on any atom is -0.493 e. The van der Waals surface area contributed by atoms with Crippen LogP contribution in [0.25, 0.3) is 5.69 Å². The number of halogens is 3. The van der Waals surface area contributed by atoms with Crippen LogP contribution in [0.15, 0.2) is 65.8 Å². The van der Waals surface area contributed by atoms with E-state index in [4.69, 9.17) is 21.1 Å². The maximum atomic E-state index is 14.4. The highest BCUT2D eigenvalue weighted by molar-refractivity contribution is 7.98. The molecule has 0 unspecified atom stereocenters. The Labute approximate surface area is 212 Å². The van der Waals surface area contributed by atoms with Crippen LogP contribution >= 0.6 is 23.4 Å². The van der Waals surface area contributed by atoms with Gasteiger partial charge in [0.25, 0.3) is 0 Å². The maximum absolute atomic E-state index is 14.4. The van der Waals surface area contributed by atoms with E-state index in [1.807, 2.05) is 36.6 Å². The SMILES string of the molecule is COc1ccc(C(C)(C)c2nnc(SCc3c(F)cccc3Cl)n2-c2ccc(F)cc2)cc1OC. The molecular formula is C26H24ClF2N3O2S. The third-order valence-corrected chi connectivity index (χ3v) is 7.10. The van der Waals surface area contributed by atoms with Crippen molar-refractivity contribution in [1.29, 1.82) is 0 Å². The van der Waals surface area contributed by atoms with Crippen LogP contribution in [0.5, 0.6) is 11.5 Å². The van der Waals surface area contributed by atoms with Gasteiger partial charge in [0, 0.05) is 22.0 Å². The van der Waals surface area contributed by atoms with Crippen molar-refractivity contribution in [2.24, 2.45) is 0 Å². The smallest absolute Gasteiger partial charge is 0.196 e. The molecule has 4 aromatic rings. The summed E-state index contributed by atoms with van der Waals surface area (Å²) in [5.41, 5.74) is 1.35. The van der Waals surface area contributed by atoms with E-state index in [-0.39, 0.29) is 17.4 Å². The second-order valence-corrected chi connectivity index (χ2v) is 9.65. The Hall–Kier alpha value is -3.10. The summed E-state index contributed by atoms with van der Waals surface area (Å²) in [6.07, 6.45) is 0. The lowest BCUT2D eigenvalue weighted by molar-refractivity contribution is 0.353. The molecule has 35 heavy (non-hydrogen) atoms. The van der Waals surface area contributed by atoms with E-state index in [1.165, 1.54) is 30.0 Å². The molecule has 0 aliphatic carbocycles. The molecule has 0 saturated heterocycles. The number of benzene rings is 3. The van der Waals surface area contributed by atoms with Gasteiger partial charge in [-0.05, 0) is 67.9 Å². The van der Waals surface area contributed by atoms with Gasteiger partial charge in [-0.1, -0.05) is 35.5 Å². The van der Waals surface area contributed by atoms with Crippen LogP contribution in [0.1, 0.15) is 30.8 Å². The number of nitrogens with zero attached hydrogens (tertiary/aromatic N) is 3. The number of hydrogen-bond donors (Lipinski definition) is 0. The Kier molecular flexibility index (Phi) is 7.33. The molecule has 1 aromatic heterocycles. The van der Waals surface area contributed by atoms with Gasteiger partial charge in [-0.25, -0.2) is 8.78 Å². The van der Waals surface area contributed by atoms with Crippen LogP contribution in [0.3, 0.4) is 0 Å². The zero-order valence-electron chi connectivity index (χ0n) is 19.7. The summed E-state index contributed by atoms with van der Waals surface area (Å²) in [6, 6.07) is 16.3. The van der Waals surface area contributed by atoms with Crippen molar-refractivity contribution in [3.63, 3.8) is 0 Å². The topological polar surface area (TPSA) is 49.2 Å². The molecular weight excluding hydrogens is 492 g/mol. The van der Waals surface area contributed by atoms with Crippen molar-refractivity contribution in [1.82, 2.24) is 14.8 Å². The minimum atomic E-state index is -0.630. The van der Waals surface area contributed by atoms with Crippen molar-refractivity contribution in [2.45, 2.75) is 30.2 Å². The van der Waals surface area contributed by atoms with Gasteiger partial charge < -0.3 is 9.47 Å². The quantitative estimate of drug-likeness (QED) is 0.241. The molecule has 0 fully saturated rings. The first-order valence-electron chi connectivity index (χ1n) is 10.8. The van der Waals surface area contributed by atoms with Crippen molar-refractivity contribution in [3.8, 4) is 17.2 Å². The van der Waals surface area contributed by atoms with Crippen LogP contribution in [-0.4, -0.2) is 29.0 Å². The standard InChI is InChI=1S/C26H24ClF2N3O2S/c1-26(2,16-8-13-22(33-3)23(14-16)34-4)24-30-31-25(32(24)18-11-9-17(28)10-12-18)35-15-19-20(27)6-5-7-21(19)29/h5-14H,15H2,1-4H3. The summed E-state index contributed by atoms with van der Waals surface area (Å²) in [6.45, 7) is 4.03. The van der Waals surface area contributed by atoms with E-state index in [2.05, 4.69) is 10.2 Å². The van der Waals surface area contributed by atoms with Gasteiger partial charge in [0.05, 0.1) is 19.6 Å². The third kappa shape index (κ3) is 4.99. The first-order chi connectivity index (χ1) is 16.8. The predicted molar refractivity (Wildman–Crippen MR) is 134 cm³/mol. The number of aromatic nitrogens is 3. The number of rotatable bonds is 8. The molecule has 9 heteroatoms. The Morgan fingerprint density at radius 3 is 2.31 bits per heavy atom. The molecule has 4 rings (SSSR count). The van der Waals surface area contributed by atoms with E-state index in [0.29, 0.717) is 38.8 Å². The summed E-state index contributed by atoms with van der Waals surface area (Å²) in [7, 11) is 3.16. The Morgan fingerprint density at radius 1 is 0.943 bits per heavy atom. The molecule has 1 heterocycles. The largest absolute Gasteiger partial charge is 0.493 e. The van der Waals surface area contributed by atoms with Crippen molar-refractivity contribution < 1.29 is 18.3 Å². The Morgan fingerprint density at radius 2 is 1.66 bits per heavy atom. The zero-order chi connectivity index (χ0) is 25.2. The van der Waals surface area contributed by atoms with Crippen molar-refractivity contribution in [3.05, 3.63) is 94.3 Å². The predicted octanol–water partition coefficient (Wildman–Crippen LogP) is 6.83. The second kappa shape index (κ2) is 10.3. The third-order valence-electron chi connectivity index (χ3n) is 5.79. The van der Waals surface area contributed by atoms with Gasteiger partial charge >= 0.3 is 0 Å². The zero-order valence-corrected chi connectivity index (χ0v) is 21.3. The van der Waals surface area contributed by atoms with E-state index in [0.717, 1.165) is 5.56 Å². The van der Waals surface area contributed by atoms with Gasteiger partial charge in [0.1, 0.15) is 17.5 Å². The van der Waals surface area contributed by atoms with E-state index >= 15 is 0 Å². The monoisotopic (exact) mass is 515 g/mol. The van der Waals surface area contributed by atoms with E-state index in [9.17, 15) is 8.78 Å². The summed E-state index contributed by atoms with van der Waals surface area (Å²) in [4.78, 5) is 0. The molecule has 5 nitrogen and oxygen atoms in total. The minimum absolute atomic E-state index is 0.252. The van der Waals surface area contributed by atoms with Gasteiger partial charge in [0.2, 0.25) is 0 Å². The lowest BCUT2D eigenvalue weighted by Crippen LogP contribution is -2.24. The first kappa shape index (κ1) is 25.0. The van der Waals surface area contributed by atoms with Crippen molar-refractivity contribution in [2.75, 3.05) is 14.2 Å². The van der Waals surface area contributed by atoms with Gasteiger partial charge in [-0.2, -0.15) is 0 Å². The summed E-state index contributed by atoms with van der Waals surface area (Å²) in [5.74, 6) is 1.35. The van der Waals surface area contributed by atoms with Gasteiger partial charge in [-0.3, -0.25) is 4.57 Å². The molecule has 0 atom stereocenters. The average molecular weight is 516 g/mol. The van der Waals surface area contributed by atoms with Crippen LogP contribution < -0.4 is 9.47 Å². The number of ether oxygens (including phenoxy) is 2. The highest BCUT2D eigenvalue weighted by Crippen LogP contribution is 2.39. The second-order valence-electron chi connectivity index (χ2n) is 8.30. The molecule has 182 valence electrons. The van der Waals surface area contributed by atoms with Crippen LogP contribution in [0.4, 0.5) is 8.78 Å². The van der Waals surface area contributed by atoms with Crippen molar-refractivity contribution >= 4 is 23.4 Å². The normalized spacial score (nSPS) is 11.5. The number of methoxy groups -OCH3 is 2. The maximum Gasteiger partial charge on any atom is 0.196 e. The lowest BCUT2D eigenvalue weighted by atomic mass is 9.83. The fraction of sp³-hybridized carbons (Fsp3) is 0.231. The molecule has 0 amide bonds.